The van der Waals surface area contributed by atoms with Crippen LogP contribution in [0.5, 0.6) is 0 Å². The third kappa shape index (κ3) is 5.64. The quantitative estimate of drug-likeness (QED) is 0.650. The largest absolute Gasteiger partial charge is 0.368 e. The van der Waals surface area contributed by atoms with Gasteiger partial charge in [-0.3, -0.25) is 9.69 Å². The zero-order chi connectivity index (χ0) is 22.7. The normalized spacial score (nSPS) is 21.1. The van der Waals surface area contributed by atoms with Gasteiger partial charge in [0.15, 0.2) is 0 Å². The molecule has 0 bridgehead atoms. The number of fused-ring (bicyclic) bond motifs is 1. The fraction of sp³-hybridized carbons (Fsp3) is 0.708. The highest BCUT2D eigenvalue weighted by Gasteiger charge is 2.28. The van der Waals surface area contributed by atoms with Crippen molar-refractivity contribution in [1.82, 2.24) is 14.1 Å². The molecule has 3 aliphatic rings. The van der Waals surface area contributed by atoms with Crippen LogP contribution in [0.25, 0.3) is 0 Å². The van der Waals surface area contributed by atoms with Crippen LogP contribution in [0.2, 0.25) is 0 Å². The molecule has 2 fully saturated rings. The van der Waals surface area contributed by atoms with Crippen LogP contribution in [0.3, 0.4) is 0 Å². The van der Waals surface area contributed by atoms with Gasteiger partial charge in [0.05, 0.1) is 0 Å². The van der Waals surface area contributed by atoms with E-state index in [4.69, 9.17) is 0 Å². The summed E-state index contributed by atoms with van der Waals surface area (Å²) in [6.45, 7) is 7.00. The molecule has 7 nitrogen and oxygen atoms in total. The number of carbonyl (C=O) groups is 1. The van der Waals surface area contributed by atoms with E-state index in [0.29, 0.717) is 19.0 Å². The zero-order valence-corrected chi connectivity index (χ0v) is 20.4. The Balaban J connectivity index is 1.33. The van der Waals surface area contributed by atoms with Crippen LogP contribution >= 0.6 is 0 Å². The van der Waals surface area contributed by atoms with Crippen molar-refractivity contribution in [2.24, 2.45) is 5.92 Å². The van der Waals surface area contributed by atoms with Crippen LogP contribution < -0.4 is 4.90 Å². The van der Waals surface area contributed by atoms with Gasteiger partial charge in [-0.2, -0.15) is 0 Å². The maximum atomic E-state index is 13.0. The minimum absolute atomic E-state index is 0.102. The van der Waals surface area contributed by atoms with E-state index in [1.54, 1.807) is 18.3 Å². The van der Waals surface area contributed by atoms with Gasteiger partial charge >= 0.3 is 0 Å². The van der Waals surface area contributed by atoms with Crippen LogP contribution in [-0.2, 0) is 27.8 Å². The Morgan fingerprint density at radius 1 is 1.03 bits per heavy atom. The lowest BCUT2D eigenvalue weighted by atomic mass is 9.89. The summed E-state index contributed by atoms with van der Waals surface area (Å²) in [5.74, 6) is 0.764. The van der Waals surface area contributed by atoms with Crippen LogP contribution in [0, 0.1) is 5.92 Å². The molecule has 1 saturated heterocycles. The maximum absolute atomic E-state index is 13.0. The number of hydrogen-bond acceptors (Lipinski definition) is 5. The van der Waals surface area contributed by atoms with Crippen molar-refractivity contribution in [2.75, 3.05) is 57.1 Å². The first-order chi connectivity index (χ1) is 15.3. The molecule has 1 aromatic rings. The van der Waals surface area contributed by atoms with Crippen molar-refractivity contribution in [1.29, 1.82) is 0 Å². The molecule has 0 unspecified atom stereocenters. The SMILES string of the molecule is CC(=O)N1CCN(c2ccc3c(c2)CCN(CS(=O)(=O)N(C)CC2CCCCC2)C3)CC1. The van der Waals surface area contributed by atoms with E-state index in [9.17, 15) is 13.2 Å². The molecule has 32 heavy (non-hydrogen) atoms. The molecule has 1 amide bonds. The standard InChI is InChI=1S/C24H38N4O3S/c1-20(29)27-12-14-28(15-13-27)24-9-8-23-18-26(11-10-22(23)16-24)19-32(30,31)25(2)17-21-6-4-3-5-7-21/h8-9,16,21H,3-7,10-15,17-19H2,1-2H3. The summed E-state index contributed by atoms with van der Waals surface area (Å²) < 4.78 is 27.5. The highest BCUT2D eigenvalue weighted by atomic mass is 32.2. The fourth-order valence-corrected chi connectivity index (χ4v) is 6.68. The lowest BCUT2D eigenvalue weighted by Gasteiger charge is -2.36. The number of anilines is 1. The second-order valence-corrected chi connectivity index (χ2v) is 11.8. The topological polar surface area (TPSA) is 64.2 Å². The van der Waals surface area contributed by atoms with Crippen LogP contribution in [0.1, 0.15) is 50.2 Å². The molecule has 8 heteroatoms. The lowest BCUT2D eigenvalue weighted by Crippen LogP contribution is -2.48. The first-order valence-electron chi connectivity index (χ1n) is 12.1. The molecule has 2 aliphatic heterocycles. The number of benzene rings is 1. The molecule has 0 spiro atoms. The smallest absolute Gasteiger partial charge is 0.227 e. The second-order valence-electron chi connectivity index (χ2n) is 9.77. The average Bonchev–Trinajstić information content (AvgIpc) is 2.79. The summed E-state index contributed by atoms with van der Waals surface area (Å²) in [6.07, 6.45) is 6.94. The Kier molecular flexibility index (Phi) is 7.42. The number of rotatable bonds is 6. The Labute approximate surface area is 193 Å². The summed E-state index contributed by atoms with van der Waals surface area (Å²) in [6, 6.07) is 6.57. The number of amides is 1. The Bertz CT molecular complexity index is 906. The molecule has 1 aromatic carbocycles. The molecule has 0 atom stereocenters. The molecule has 0 aromatic heterocycles. The number of nitrogens with zero attached hydrogens (tertiary/aromatic N) is 4. The number of hydrogen-bond donors (Lipinski definition) is 0. The highest BCUT2D eigenvalue weighted by molar-refractivity contribution is 7.89. The van der Waals surface area contributed by atoms with E-state index >= 15 is 0 Å². The molecular weight excluding hydrogens is 424 g/mol. The van der Waals surface area contributed by atoms with E-state index in [0.717, 1.165) is 52.0 Å². The number of piperazine rings is 1. The lowest BCUT2D eigenvalue weighted by molar-refractivity contribution is -0.129. The van der Waals surface area contributed by atoms with Gasteiger partial charge in [-0.05, 0) is 48.4 Å². The Morgan fingerprint density at radius 3 is 2.44 bits per heavy atom. The van der Waals surface area contributed by atoms with Gasteiger partial charge in [0.2, 0.25) is 15.9 Å². The molecule has 4 rings (SSSR count). The molecular formula is C24H38N4O3S. The molecule has 0 radical (unpaired) electrons. The van der Waals surface area contributed by atoms with Crippen molar-refractivity contribution in [3.05, 3.63) is 29.3 Å². The first kappa shape index (κ1) is 23.5. The second kappa shape index (κ2) is 10.1. The minimum Gasteiger partial charge on any atom is -0.368 e. The number of carbonyl (C=O) groups excluding carboxylic acids is 1. The van der Waals surface area contributed by atoms with Gasteiger partial charge in [-0.25, -0.2) is 12.7 Å². The van der Waals surface area contributed by atoms with E-state index in [1.807, 2.05) is 4.90 Å². The zero-order valence-electron chi connectivity index (χ0n) is 19.6. The third-order valence-corrected chi connectivity index (χ3v) is 9.22. The van der Waals surface area contributed by atoms with Gasteiger partial charge in [-0.1, -0.05) is 25.3 Å². The van der Waals surface area contributed by atoms with E-state index < -0.39 is 10.0 Å². The van der Waals surface area contributed by atoms with E-state index in [1.165, 1.54) is 36.1 Å². The summed E-state index contributed by atoms with van der Waals surface area (Å²) in [4.78, 5) is 17.9. The maximum Gasteiger partial charge on any atom is 0.227 e. The van der Waals surface area contributed by atoms with Crippen molar-refractivity contribution in [3.8, 4) is 0 Å². The van der Waals surface area contributed by atoms with Crippen LogP contribution in [0.4, 0.5) is 5.69 Å². The summed E-state index contributed by atoms with van der Waals surface area (Å²) in [5.41, 5.74) is 3.76. The summed E-state index contributed by atoms with van der Waals surface area (Å²) >= 11 is 0. The third-order valence-electron chi connectivity index (χ3n) is 7.43. The van der Waals surface area contributed by atoms with Gasteiger partial charge in [0.25, 0.3) is 0 Å². The first-order valence-corrected chi connectivity index (χ1v) is 13.7. The Hall–Kier alpha value is -1.64. The fourth-order valence-electron chi connectivity index (χ4n) is 5.36. The van der Waals surface area contributed by atoms with E-state index in [-0.39, 0.29) is 11.8 Å². The van der Waals surface area contributed by atoms with Gasteiger partial charge < -0.3 is 9.80 Å². The minimum atomic E-state index is -3.28. The van der Waals surface area contributed by atoms with Crippen molar-refractivity contribution in [2.45, 2.75) is 52.0 Å². The predicted octanol–water partition coefficient (Wildman–Crippen LogP) is 2.51. The van der Waals surface area contributed by atoms with Gasteiger partial charge in [-0.15, -0.1) is 0 Å². The molecule has 1 aliphatic carbocycles. The molecule has 2 heterocycles. The van der Waals surface area contributed by atoms with Crippen LogP contribution in [-0.4, -0.2) is 80.6 Å². The van der Waals surface area contributed by atoms with Gasteiger partial charge in [0.1, 0.15) is 5.88 Å². The van der Waals surface area contributed by atoms with Crippen molar-refractivity contribution in [3.63, 3.8) is 0 Å². The number of sulfonamides is 1. The van der Waals surface area contributed by atoms with Crippen molar-refractivity contribution >= 4 is 21.6 Å². The van der Waals surface area contributed by atoms with E-state index in [2.05, 4.69) is 28.0 Å². The van der Waals surface area contributed by atoms with Crippen LogP contribution in [0.15, 0.2) is 18.2 Å². The predicted molar refractivity (Wildman–Crippen MR) is 128 cm³/mol. The van der Waals surface area contributed by atoms with Crippen molar-refractivity contribution < 1.29 is 13.2 Å². The van der Waals surface area contributed by atoms with Gasteiger partial charge in [0, 0.05) is 65.5 Å². The summed E-state index contributed by atoms with van der Waals surface area (Å²) in [5, 5.41) is 0. The molecule has 1 saturated carbocycles. The molecule has 178 valence electrons. The average molecular weight is 463 g/mol. The monoisotopic (exact) mass is 462 g/mol. The molecule has 0 N–H and O–H groups in total. The highest BCUT2D eigenvalue weighted by Crippen LogP contribution is 2.27. The Morgan fingerprint density at radius 2 is 1.75 bits per heavy atom. The summed E-state index contributed by atoms with van der Waals surface area (Å²) in [7, 11) is -1.53.